The fourth-order valence-electron chi connectivity index (χ4n) is 1.56. The molecule has 0 aliphatic heterocycles. The van der Waals surface area contributed by atoms with Gasteiger partial charge in [-0.25, -0.2) is 4.99 Å². The molecule has 98 valence electrons. The van der Waals surface area contributed by atoms with Gasteiger partial charge in [-0.3, -0.25) is 0 Å². The van der Waals surface area contributed by atoms with Gasteiger partial charge in [-0.15, -0.1) is 6.58 Å². The van der Waals surface area contributed by atoms with Gasteiger partial charge in [-0.1, -0.05) is 29.8 Å². The van der Waals surface area contributed by atoms with Crippen LogP contribution in [0.1, 0.15) is 12.5 Å². The SMILES string of the molecule is C=CCN=C(NCC)N(C)Cc1ccc(Cl)cc1. The van der Waals surface area contributed by atoms with E-state index in [1.807, 2.05) is 31.3 Å². The first-order chi connectivity index (χ1) is 8.67. The Balaban J connectivity index is 2.68. The third-order valence-electron chi connectivity index (χ3n) is 2.40. The highest BCUT2D eigenvalue weighted by Crippen LogP contribution is 2.10. The third-order valence-corrected chi connectivity index (χ3v) is 2.65. The van der Waals surface area contributed by atoms with E-state index in [1.165, 1.54) is 5.56 Å². The summed E-state index contributed by atoms with van der Waals surface area (Å²) in [4.78, 5) is 6.51. The zero-order valence-corrected chi connectivity index (χ0v) is 11.7. The van der Waals surface area contributed by atoms with Crippen molar-refractivity contribution in [2.75, 3.05) is 20.1 Å². The van der Waals surface area contributed by atoms with E-state index in [0.717, 1.165) is 24.1 Å². The molecular formula is C14H20ClN3. The maximum absolute atomic E-state index is 5.87. The van der Waals surface area contributed by atoms with Gasteiger partial charge in [0.25, 0.3) is 0 Å². The molecule has 0 unspecified atom stereocenters. The maximum atomic E-state index is 5.87. The van der Waals surface area contributed by atoms with E-state index < -0.39 is 0 Å². The van der Waals surface area contributed by atoms with Crippen molar-refractivity contribution in [3.8, 4) is 0 Å². The Morgan fingerprint density at radius 2 is 2.11 bits per heavy atom. The van der Waals surface area contributed by atoms with Gasteiger partial charge in [0.15, 0.2) is 5.96 Å². The van der Waals surface area contributed by atoms with Crippen LogP contribution in [0.25, 0.3) is 0 Å². The minimum Gasteiger partial charge on any atom is -0.357 e. The summed E-state index contributed by atoms with van der Waals surface area (Å²) in [6, 6.07) is 7.85. The topological polar surface area (TPSA) is 27.6 Å². The number of hydrogen-bond acceptors (Lipinski definition) is 1. The molecule has 0 fully saturated rings. The van der Waals surface area contributed by atoms with Crippen molar-refractivity contribution in [1.29, 1.82) is 0 Å². The minimum absolute atomic E-state index is 0.618. The molecule has 0 aliphatic rings. The lowest BCUT2D eigenvalue weighted by atomic mass is 10.2. The molecule has 3 nitrogen and oxygen atoms in total. The van der Waals surface area contributed by atoms with Crippen molar-refractivity contribution in [3.05, 3.63) is 47.5 Å². The Morgan fingerprint density at radius 3 is 2.67 bits per heavy atom. The summed E-state index contributed by atoms with van der Waals surface area (Å²) in [5.74, 6) is 0.882. The number of rotatable bonds is 5. The molecule has 1 N–H and O–H groups in total. The number of hydrogen-bond donors (Lipinski definition) is 1. The number of aliphatic imine (C=N–C) groups is 1. The second-order valence-corrected chi connectivity index (χ2v) is 4.40. The first-order valence-electron chi connectivity index (χ1n) is 6.02. The van der Waals surface area contributed by atoms with E-state index in [1.54, 1.807) is 6.08 Å². The first kappa shape index (κ1) is 14.6. The molecule has 0 aromatic heterocycles. The fourth-order valence-corrected chi connectivity index (χ4v) is 1.69. The van der Waals surface area contributed by atoms with Gasteiger partial charge < -0.3 is 10.2 Å². The van der Waals surface area contributed by atoms with Crippen LogP contribution in [0, 0.1) is 0 Å². The van der Waals surface area contributed by atoms with Crippen LogP contribution in [-0.4, -0.2) is 31.0 Å². The Kier molecular flexibility index (Phi) is 6.29. The zero-order valence-electron chi connectivity index (χ0n) is 11.0. The summed E-state index contributed by atoms with van der Waals surface area (Å²) in [7, 11) is 2.01. The summed E-state index contributed by atoms with van der Waals surface area (Å²) in [6.45, 7) is 7.99. The molecule has 0 heterocycles. The molecule has 1 aromatic rings. The van der Waals surface area contributed by atoms with Crippen molar-refractivity contribution in [3.63, 3.8) is 0 Å². The standard InChI is InChI=1S/C14H20ClN3/c1-4-10-17-14(16-5-2)18(3)11-12-6-8-13(15)9-7-12/h4,6-9H,1,5,10-11H2,2-3H3,(H,16,17). The largest absolute Gasteiger partial charge is 0.357 e. The summed E-state index contributed by atoms with van der Waals surface area (Å²) >= 11 is 5.87. The molecule has 1 aromatic carbocycles. The highest BCUT2D eigenvalue weighted by molar-refractivity contribution is 6.30. The van der Waals surface area contributed by atoms with E-state index in [4.69, 9.17) is 11.6 Å². The van der Waals surface area contributed by atoms with Crippen LogP contribution in [0.4, 0.5) is 0 Å². The lowest BCUT2D eigenvalue weighted by Gasteiger charge is -2.22. The van der Waals surface area contributed by atoms with Crippen molar-refractivity contribution < 1.29 is 0 Å². The molecule has 18 heavy (non-hydrogen) atoms. The van der Waals surface area contributed by atoms with E-state index in [0.29, 0.717) is 6.54 Å². The molecule has 4 heteroatoms. The van der Waals surface area contributed by atoms with Gasteiger partial charge in [0.1, 0.15) is 0 Å². The van der Waals surface area contributed by atoms with Crippen LogP contribution >= 0.6 is 11.6 Å². The Hall–Kier alpha value is -1.48. The van der Waals surface area contributed by atoms with Crippen molar-refractivity contribution in [2.24, 2.45) is 4.99 Å². The van der Waals surface area contributed by atoms with Gasteiger partial charge >= 0.3 is 0 Å². The molecule has 0 atom stereocenters. The summed E-state index contributed by atoms with van der Waals surface area (Å²) in [6.07, 6.45) is 1.79. The molecule has 0 saturated heterocycles. The van der Waals surface area contributed by atoms with Crippen LogP contribution in [0.15, 0.2) is 41.9 Å². The summed E-state index contributed by atoms with van der Waals surface area (Å²) in [5, 5.41) is 4.01. The van der Waals surface area contributed by atoms with Crippen molar-refractivity contribution in [1.82, 2.24) is 10.2 Å². The van der Waals surface area contributed by atoms with E-state index in [2.05, 4.69) is 28.7 Å². The zero-order chi connectivity index (χ0) is 13.4. The van der Waals surface area contributed by atoms with E-state index >= 15 is 0 Å². The van der Waals surface area contributed by atoms with E-state index in [9.17, 15) is 0 Å². The monoisotopic (exact) mass is 265 g/mol. The van der Waals surface area contributed by atoms with Crippen LogP contribution in [0.3, 0.4) is 0 Å². The maximum Gasteiger partial charge on any atom is 0.194 e. The van der Waals surface area contributed by atoms with Gasteiger partial charge in [0, 0.05) is 25.2 Å². The quantitative estimate of drug-likeness (QED) is 0.504. The van der Waals surface area contributed by atoms with Gasteiger partial charge in [-0.05, 0) is 24.6 Å². The molecule has 1 rings (SSSR count). The third kappa shape index (κ3) is 4.80. The van der Waals surface area contributed by atoms with Crippen LogP contribution in [0.2, 0.25) is 5.02 Å². The lowest BCUT2D eigenvalue weighted by molar-refractivity contribution is 0.478. The normalized spacial score (nSPS) is 11.2. The number of benzene rings is 1. The number of nitrogens with one attached hydrogen (secondary N) is 1. The highest BCUT2D eigenvalue weighted by atomic mass is 35.5. The van der Waals surface area contributed by atoms with Gasteiger partial charge in [0.05, 0.1) is 6.54 Å². The summed E-state index contributed by atoms with van der Waals surface area (Å²) in [5.41, 5.74) is 1.20. The van der Waals surface area contributed by atoms with Gasteiger partial charge in [0.2, 0.25) is 0 Å². The minimum atomic E-state index is 0.618. The Bertz CT molecular complexity index is 398. The number of guanidine groups is 1. The second kappa shape index (κ2) is 7.77. The predicted octanol–water partition coefficient (Wildman–Crippen LogP) is 2.92. The summed E-state index contributed by atoms with van der Waals surface area (Å²) < 4.78 is 0. The lowest BCUT2D eigenvalue weighted by Crippen LogP contribution is -2.38. The first-order valence-corrected chi connectivity index (χ1v) is 6.40. The average Bonchev–Trinajstić information content (AvgIpc) is 2.37. The van der Waals surface area contributed by atoms with Crippen molar-refractivity contribution >= 4 is 17.6 Å². The Morgan fingerprint density at radius 1 is 1.44 bits per heavy atom. The molecule has 0 bridgehead atoms. The smallest absolute Gasteiger partial charge is 0.194 e. The molecule has 0 aliphatic carbocycles. The fraction of sp³-hybridized carbons (Fsp3) is 0.357. The Labute approximate surface area is 114 Å². The van der Waals surface area contributed by atoms with Crippen LogP contribution < -0.4 is 5.32 Å². The number of nitrogens with zero attached hydrogens (tertiary/aromatic N) is 2. The van der Waals surface area contributed by atoms with E-state index in [-0.39, 0.29) is 0 Å². The molecular weight excluding hydrogens is 246 g/mol. The van der Waals surface area contributed by atoms with Crippen LogP contribution in [-0.2, 0) is 6.54 Å². The van der Waals surface area contributed by atoms with Gasteiger partial charge in [-0.2, -0.15) is 0 Å². The highest BCUT2D eigenvalue weighted by Gasteiger charge is 2.05. The molecule has 0 amide bonds. The van der Waals surface area contributed by atoms with Crippen molar-refractivity contribution in [2.45, 2.75) is 13.5 Å². The molecule has 0 spiro atoms. The average molecular weight is 266 g/mol. The number of halogens is 1. The second-order valence-electron chi connectivity index (χ2n) is 3.97. The molecule has 0 radical (unpaired) electrons. The predicted molar refractivity (Wildman–Crippen MR) is 79.1 cm³/mol. The van der Waals surface area contributed by atoms with Crippen LogP contribution in [0.5, 0.6) is 0 Å². The molecule has 0 saturated carbocycles.